The fraction of sp³-hybridized carbons (Fsp3) is 0.267. The topological polar surface area (TPSA) is 38.9 Å². The van der Waals surface area contributed by atoms with Crippen molar-refractivity contribution in [2.24, 2.45) is 5.73 Å². The smallest absolute Gasteiger partial charge is 0.0451 e. The van der Waals surface area contributed by atoms with E-state index < -0.39 is 0 Å². The summed E-state index contributed by atoms with van der Waals surface area (Å²) < 4.78 is 1.06. The Kier molecular flexibility index (Phi) is 4.15. The molecule has 0 fully saturated rings. The molecule has 2 rings (SSSR count). The highest BCUT2D eigenvalue weighted by Gasteiger charge is 2.12. The van der Waals surface area contributed by atoms with Gasteiger partial charge >= 0.3 is 0 Å². The molecule has 0 saturated heterocycles. The van der Waals surface area contributed by atoms with E-state index in [0.717, 1.165) is 22.2 Å². The number of pyridine rings is 1. The summed E-state index contributed by atoms with van der Waals surface area (Å²) in [5.74, 6) is 0. The third-order valence-electron chi connectivity index (χ3n) is 3.08. The van der Waals surface area contributed by atoms with E-state index in [0.29, 0.717) is 0 Å². The molecular formula is C15H17BrN2. The molecular weight excluding hydrogens is 288 g/mol. The Bertz CT molecular complexity index is 552. The van der Waals surface area contributed by atoms with Crippen LogP contribution in [0.25, 0.3) is 0 Å². The minimum atomic E-state index is -0.0344. The van der Waals surface area contributed by atoms with Gasteiger partial charge in [0.1, 0.15) is 0 Å². The van der Waals surface area contributed by atoms with Crippen LogP contribution in [0.2, 0.25) is 0 Å². The fourth-order valence-electron chi connectivity index (χ4n) is 2.00. The van der Waals surface area contributed by atoms with Gasteiger partial charge in [-0.2, -0.15) is 0 Å². The van der Waals surface area contributed by atoms with Crippen molar-refractivity contribution in [3.63, 3.8) is 0 Å². The number of hydrogen-bond acceptors (Lipinski definition) is 2. The fourth-order valence-corrected chi connectivity index (χ4v) is 2.54. The number of nitrogens with zero attached hydrogens (tertiary/aromatic N) is 1. The van der Waals surface area contributed by atoms with Gasteiger partial charge in [0.05, 0.1) is 0 Å². The zero-order valence-corrected chi connectivity index (χ0v) is 12.2. The van der Waals surface area contributed by atoms with Gasteiger partial charge in [-0.3, -0.25) is 4.98 Å². The minimum Gasteiger partial charge on any atom is -0.324 e. The molecule has 1 unspecified atom stereocenters. The average Bonchev–Trinajstić information content (AvgIpc) is 2.35. The van der Waals surface area contributed by atoms with Crippen molar-refractivity contribution >= 4 is 15.9 Å². The van der Waals surface area contributed by atoms with Crippen molar-refractivity contribution in [3.8, 4) is 0 Å². The van der Waals surface area contributed by atoms with Crippen molar-refractivity contribution in [3.05, 3.63) is 63.4 Å². The summed E-state index contributed by atoms with van der Waals surface area (Å²) in [6, 6.07) is 10.2. The lowest BCUT2D eigenvalue weighted by molar-refractivity contribution is 0.699. The molecule has 2 nitrogen and oxygen atoms in total. The summed E-state index contributed by atoms with van der Waals surface area (Å²) in [5, 5.41) is 0. The van der Waals surface area contributed by atoms with Crippen molar-refractivity contribution in [1.82, 2.24) is 4.98 Å². The van der Waals surface area contributed by atoms with Crippen molar-refractivity contribution in [2.45, 2.75) is 26.3 Å². The third-order valence-corrected chi connectivity index (χ3v) is 3.80. The highest BCUT2D eigenvalue weighted by molar-refractivity contribution is 9.10. The number of benzene rings is 1. The summed E-state index contributed by atoms with van der Waals surface area (Å²) in [4.78, 5) is 4.40. The molecule has 1 aromatic heterocycles. The number of aromatic nitrogens is 1. The molecule has 2 N–H and O–H groups in total. The van der Waals surface area contributed by atoms with Gasteiger partial charge in [0, 0.05) is 28.8 Å². The first-order chi connectivity index (χ1) is 8.58. The summed E-state index contributed by atoms with van der Waals surface area (Å²) in [6.45, 7) is 4.15. The normalized spacial score (nSPS) is 12.4. The van der Waals surface area contributed by atoms with Gasteiger partial charge in [-0.15, -0.1) is 0 Å². The molecule has 0 saturated carbocycles. The summed E-state index contributed by atoms with van der Waals surface area (Å²) >= 11 is 3.56. The first-order valence-corrected chi connectivity index (χ1v) is 6.79. The lowest BCUT2D eigenvalue weighted by atomic mass is 9.99. The van der Waals surface area contributed by atoms with E-state index in [1.54, 1.807) is 0 Å². The van der Waals surface area contributed by atoms with Crippen LogP contribution in [-0.4, -0.2) is 4.98 Å². The largest absolute Gasteiger partial charge is 0.324 e. The molecule has 1 heterocycles. The van der Waals surface area contributed by atoms with E-state index in [9.17, 15) is 0 Å². The van der Waals surface area contributed by atoms with E-state index in [-0.39, 0.29) is 6.04 Å². The van der Waals surface area contributed by atoms with Crippen LogP contribution in [0.1, 0.15) is 28.4 Å². The minimum absolute atomic E-state index is 0.0344. The maximum Gasteiger partial charge on any atom is 0.0451 e. The van der Waals surface area contributed by atoms with E-state index in [1.165, 1.54) is 11.1 Å². The van der Waals surface area contributed by atoms with Gasteiger partial charge < -0.3 is 5.73 Å². The maximum atomic E-state index is 6.30. The molecule has 2 aromatic rings. The number of halogens is 1. The second-order valence-corrected chi connectivity index (χ2v) is 5.46. The number of nitrogens with two attached hydrogens (primary N) is 1. The van der Waals surface area contributed by atoms with Crippen LogP contribution >= 0.6 is 15.9 Å². The molecule has 1 atom stereocenters. The van der Waals surface area contributed by atoms with Gasteiger partial charge in [0.15, 0.2) is 0 Å². The highest BCUT2D eigenvalue weighted by atomic mass is 79.9. The van der Waals surface area contributed by atoms with Crippen molar-refractivity contribution < 1.29 is 0 Å². The molecule has 0 amide bonds. The SMILES string of the molecule is Cc1ccc(Br)c(C(N)Cc2ncccc2C)c1. The monoisotopic (exact) mass is 304 g/mol. The molecule has 0 aliphatic carbocycles. The molecule has 0 aliphatic heterocycles. The third kappa shape index (κ3) is 2.98. The summed E-state index contributed by atoms with van der Waals surface area (Å²) in [6.07, 6.45) is 2.58. The summed E-state index contributed by atoms with van der Waals surface area (Å²) in [7, 11) is 0. The number of hydrogen-bond donors (Lipinski definition) is 1. The molecule has 0 radical (unpaired) electrons. The quantitative estimate of drug-likeness (QED) is 0.939. The lowest BCUT2D eigenvalue weighted by Gasteiger charge is -2.15. The maximum absolute atomic E-state index is 6.30. The Labute approximate surface area is 116 Å². The molecule has 0 spiro atoms. The molecule has 1 aromatic carbocycles. The molecule has 3 heteroatoms. The van der Waals surface area contributed by atoms with Crippen LogP contribution in [-0.2, 0) is 6.42 Å². The van der Waals surface area contributed by atoms with Gasteiger partial charge in [0.2, 0.25) is 0 Å². The number of rotatable bonds is 3. The van der Waals surface area contributed by atoms with Crippen LogP contribution in [0, 0.1) is 13.8 Å². The Morgan fingerprint density at radius 1 is 1.28 bits per heavy atom. The van der Waals surface area contributed by atoms with E-state index in [2.05, 4.69) is 59.0 Å². The summed E-state index contributed by atoms with van der Waals surface area (Å²) in [5.41, 5.74) is 10.9. The molecule has 0 bridgehead atoms. The Morgan fingerprint density at radius 3 is 2.78 bits per heavy atom. The first kappa shape index (κ1) is 13.2. The van der Waals surface area contributed by atoms with E-state index in [4.69, 9.17) is 5.73 Å². The Balaban J connectivity index is 2.25. The molecule has 18 heavy (non-hydrogen) atoms. The van der Waals surface area contributed by atoms with Crippen molar-refractivity contribution in [1.29, 1.82) is 0 Å². The van der Waals surface area contributed by atoms with Crippen LogP contribution in [0.5, 0.6) is 0 Å². The van der Waals surface area contributed by atoms with Gasteiger partial charge in [-0.1, -0.05) is 39.7 Å². The van der Waals surface area contributed by atoms with E-state index in [1.807, 2.05) is 12.3 Å². The van der Waals surface area contributed by atoms with Gasteiger partial charge in [-0.05, 0) is 37.1 Å². The van der Waals surface area contributed by atoms with Crippen LogP contribution in [0.15, 0.2) is 41.0 Å². The van der Waals surface area contributed by atoms with Crippen molar-refractivity contribution in [2.75, 3.05) is 0 Å². The molecule has 0 aliphatic rings. The van der Waals surface area contributed by atoms with Crippen LogP contribution in [0.4, 0.5) is 0 Å². The van der Waals surface area contributed by atoms with E-state index >= 15 is 0 Å². The second kappa shape index (κ2) is 5.63. The number of aryl methyl sites for hydroxylation is 2. The van der Waals surface area contributed by atoms with Gasteiger partial charge in [0.25, 0.3) is 0 Å². The zero-order valence-electron chi connectivity index (χ0n) is 10.7. The lowest BCUT2D eigenvalue weighted by Crippen LogP contribution is -2.15. The van der Waals surface area contributed by atoms with Crippen LogP contribution < -0.4 is 5.73 Å². The first-order valence-electron chi connectivity index (χ1n) is 6.00. The molecule has 94 valence electrons. The standard InChI is InChI=1S/C15H17BrN2/c1-10-5-6-13(16)12(8-10)14(17)9-15-11(2)4-3-7-18-15/h3-8,14H,9,17H2,1-2H3. The predicted molar refractivity (Wildman–Crippen MR) is 78.5 cm³/mol. The predicted octanol–water partition coefficient (Wildman–Crippen LogP) is 3.70. The second-order valence-electron chi connectivity index (χ2n) is 4.60. The van der Waals surface area contributed by atoms with Gasteiger partial charge in [-0.25, -0.2) is 0 Å². The Morgan fingerprint density at radius 2 is 2.06 bits per heavy atom. The Hall–Kier alpha value is -1.19. The zero-order chi connectivity index (χ0) is 13.1. The highest BCUT2D eigenvalue weighted by Crippen LogP contribution is 2.25. The van der Waals surface area contributed by atoms with Crippen LogP contribution in [0.3, 0.4) is 0 Å². The average molecular weight is 305 g/mol.